The van der Waals surface area contributed by atoms with Crippen LogP contribution in [-0.2, 0) is 9.59 Å². The molecule has 1 saturated carbocycles. The van der Waals surface area contributed by atoms with Gasteiger partial charge >= 0.3 is 12.1 Å². The van der Waals surface area contributed by atoms with E-state index in [1.165, 1.54) is 5.32 Å². The van der Waals surface area contributed by atoms with Gasteiger partial charge in [0.25, 0.3) is 0 Å². The fourth-order valence-corrected chi connectivity index (χ4v) is 1.61. The highest BCUT2D eigenvalue weighted by atomic mass is 19.4. The highest BCUT2D eigenvalue weighted by Gasteiger charge is 2.38. The Kier molecular flexibility index (Phi) is 4.14. The summed E-state index contributed by atoms with van der Waals surface area (Å²) < 4.78 is 35.3. The van der Waals surface area contributed by atoms with Crippen molar-refractivity contribution in [1.82, 2.24) is 10.6 Å². The highest BCUT2D eigenvalue weighted by Crippen LogP contribution is 2.17. The van der Waals surface area contributed by atoms with Crippen molar-refractivity contribution in [1.29, 1.82) is 0 Å². The first kappa shape index (κ1) is 12.8. The van der Waals surface area contributed by atoms with Crippen LogP contribution in [0, 0.1) is 0 Å². The molecule has 0 saturated heterocycles. The molecule has 0 spiro atoms. The van der Waals surface area contributed by atoms with E-state index in [4.69, 9.17) is 0 Å². The van der Waals surface area contributed by atoms with Gasteiger partial charge in [0, 0.05) is 6.04 Å². The molecular formula is C9H13F3N2O2. The summed E-state index contributed by atoms with van der Waals surface area (Å²) in [5, 5.41) is 4.09. The largest absolute Gasteiger partial charge is 0.471 e. The Morgan fingerprint density at radius 1 is 1.19 bits per heavy atom. The van der Waals surface area contributed by atoms with Crippen molar-refractivity contribution in [3.63, 3.8) is 0 Å². The lowest BCUT2D eigenvalue weighted by Crippen LogP contribution is -2.44. The molecule has 4 nitrogen and oxygen atoms in total. The Labute approximate surface area is 90.6 Å². The van der Waals surface area contributed by atoms with Crippen LogP contribution in [0.15, 0.2) is 0 Å². The summed E-state index contributed by atoms with van der Waals surface area (Å²) in [6.07, 6.45) is -1.22. The van der Waals surface area contributed by atoms with Gasteiger partial charge in [0.05, 0.1) is 6.54 Å². The first-order chi connectivity index (χ1) is 7.39. The van der Waals surface area contributed by atoms with Gasteiger partial charge in [-0.05, 0) is 12.8 Å². The van der Waals surface area contributed by atoms with Crippen LogP contribution in [0.25, 0.3) is 0 Å². The molecule has 1 fully saturated rings. The zero-order valence-corrected chi connectivity index (χ0v) is 8.56. The topological polar surface area (TPSA) is 58.2 Å². The van der Waals surface area contributed by atoms with Gasteiger partial charge in [-0.2, -0.15) is 13.2 Å². The van der Waals surface area contributed by atoms with Gasteiger partial charge < -0.3 is 10.6 Å². The van der Waals surface area contributed by atoms with Crippen molar-refractivity contribution < 1.29 is 22.8 Å². The number of hydrogen-bond donors (Lipinski definition) is 2. The van der Waals surface area contributed by atoms with Crippen LogP contribution >= 0.6 is 0 Å². The Morgan fingerprint density at radius 3 is 2.25 bits per heavy atom. The molecule has 1 aliphatic carbocycles. The number of halogens is 3. The van der Waals surface area contributed by atoms with E-state index in [9.17, 15) is 22.8 Å². The third-order valence-electron chi connectivity index (χ3n) is 2.39. The maximum atomic E-state index is 11.8. The van der Waals surface area contributed by atoms with Crippen molar-refractivity contribution >= 4 is 11.8 Å². The van der Waals surface area contributed by atoms with Crippen LogP contribution in [0.3, 0.4) is 0 Å². The predicted octanol–water partition coefficient (Wildman–Crippen LogP) is 0.724. The zero-order valence-electron chi connectivity index (χ0n) is 8.56. The lowest BCUT2D eigenvalue weighted by Gasteiger charge is -2.12. The summed E-state index contributed by atoms with van der Waals surface area (Å²) in [5.74, 6) is -2.67. The summed E-state index contributed by atoms with van der Waals surface area (Å²) in [6.45, 7) is -0.630. The molecule has 2 amide bonds. The van der Waals surface area contributed by atoms with E-state index < -0.39 is 24.5 Å². The van der Waals surface area contributed by atoms with E-state index >= 15 is 0 Å². The molecule has 16 heavy (non-hydrogen) atoms. The molecule has 1 rings (SSSR count). The van der Waals surface area contributed by atoms with Crippen molar-refractivity contribution in [3.05, 3.63) is 0 Å². The summed E-state index contributed by atoms with van der Waals surface area (Å²) in [7, 11) is 0. The minimum absolute atomic E-state index is 0.0373. The second-order valence-corrected chi connectivity index (χ2v) is 3.73. The third kappa shape index (κ3) is 4.08. The molecule has 0 radical (unpaired) electrons. The Balaban J connectivity index is 2.22. The molecule has 0 unspecified atom stereocenters. The van der Waals surface area contributed by atoms with Crippen LogP contribution in [0.1, 0.15) is 25.7 Å². The SMILES string of the molecule is O=C(CNC(=O)C(F)(F)F)NC1CCCC1. The van der Waals surface area contributed by atoms with Gasteiger partial charge in [0.1, 0.15) is 0 Å². The molecule has 7 heteroatoms. The molecule has 92 valence electrons. The van der Waals surface area contributed by atoms with Crippen LogP contribution in [0.4, 0.5) is 13.2 Å². The van der Waals surface area contributed by atoms with Gasteiger partial charge in [-0.3, -0.25) is 9.59 Å². The number of hydrogen-bond acceptors (Lipinski definition) is 2. The molecule has 0 heterocycles. The number of rotatable bonds is 3. The lowest BCUT2D eigenvalue weighted by molar-refractivity contribution is -0.173. The fourth-order valence-electron chi connectivity index (χ4n) is 1.61. The van der Waals surface area contributed by atoms with Crippen LogP contribution in [0.5, 0.6) is 0 Å². The van der Waals surface area contributed by atoms with Crippen LogP contribution < -0.4 is 10.6 Å². The molecule has 0 atom stereocenters. The standard InChI is InChI=1S/C9H13F3N2O2/c10-9(11,12)8(16)13-5-7(15)14-6-3-1-2-4-6/h6H,1-5H2,(H,13,16)(H,14,15). The molecule has 0 aromatic heterocycles. The maximum absolute atomic E-state index is 11.8. The smallest absolute Gasteiger partial charge is 0.352 e. The summed E-state index contributed by atoms with van der Waals surface area (Å²) in [4.78, 5) is 21.5. The summed E-state index contributed by atoms with van der Waals surface area (Å²) in [5.41, 5.74) is 0. The number of carbonyl (C=O) groups excluding carboxylic acids is 2. The van der Waals surface area contributed by atoms with E-state index in [2.05, 4.69) is 5.32 Å². The average Bonchev–Trinajstić information content (AvgIpc) is 2.65. The predicted molar refractivity (Wildman–Crippen MR) is 49.5 cm³/mol. The third-order valence-corrected chi connectivity index (χ3v) is 2.39. The Morgan fingerprint density at radius 2 is 1.75 bits per heavy atom. The lowest BCUT2D eigenvalue weighted by atomic mass is 10.2. The van der Waals surface area contributed by atoms with Crippen molar-refractivity contribution in [2.75, 3.05) is 6.54 Å². The second-order valence-electron chi connectivity index (χ2n) is 3.73. The van der Waals surface area contributed by atoms with Crippen molar-refractivity contribution in [3.8, 4) is 0 Å². The first-order valence-corrected chi connectivity index (χ1v) is 5.04. The number of alkyl halides is 3. The minimum Gasteiger partial charge on any atom is -0.352 e. The molecule has 0 bridgehead atoms. The second kappa shape index (κ2) is 5.18. The van der Waals surface area contributed by atoms with Gasteiger partial charge in [0.2, 0.25) is 5.91 Å². The Bertz CT molecular complexity index is 272. The molecule has 1 aliphatic rings. The van der Waals surface area contributed by atoms with E-state index in [1.54, 1.807) is 0 Å². The Hall–Kier alpha value is -1.27. The van der Waals surface area contributed by atoms with Crippen molar-refractivity contribution in [2.24, 2.45) is 0 Å². The molecule has 0 aromatic carbocycles. The number of carbonyl (C=O) groups is 2. The summed E-state index contributed by atoms with van der Waals surface area (Å²) in [6, 6.07) is 0.0373. The maximum Gasteiger partial charge on any atom is 0.471 e. The fraction of sp³-hybridized carbons (Fsp3) is 0.778. The normalized spacial score (nSPS) is 17.2. The highest BCUT2D eigenvalue weighted by molar-refractivity contribution is 5.87. The zero-order chi connectivity index (χ0) is 12.2. The van der Waals surface area contributed by atoms with E-state index in [0.29, 0.717) is 0 Å². The van der Waals surface area contributed by atoms with Gasteiger partial charge in [-0.25, -0.2) is 0 Å². The number of nitrogens with one attached hydrogen (secondary N) is 2. The minimum atomic E-state index is -4.94. The average molecular weight is 238 g/mol. The number of amides is 2. The van der Waals surface area contributed by atoms with E-state index in [0.717, 1.165) is 25.7 Å². The molecular weight excluding hydrogens is 225 g/mol. The monoisotopic (exact) mass is 238 g/mol. The van der Waals surface area contributed by atoms with Crippen LogP contribution in [-0.4, -0.2) is 30.6 Å². The quantitative estimate of drug-likeness (QED) is 0.761. The van der Waals surface area contributed by atoms with Gasteiger partial charge in [-0.15, -0.1) is 0 Å². The first-order valence-electron chi connectivity index (χ1n) is 5.04. The van der Waals surface area contributed by atoms with Crippen molar-refractivity contribution in [2.45, 2.75) is 37.9 Å². The van der Waals surface area contributed by atoms with E-state index in [-0.39, 0.29) is 6.04 Å². The summed E-state index contributed by atoms with van der Waals surface area (Å²) >= 11 is 0. The molecule has 2 N–H and O–H groups in total. The molecule has 0 aromatic rings. The molecule has 0 aliphatic heterocycles. The van der Waals surface area contributed by atoms with Gasteiger partial charge in [-0.1, -0.05) is 12.8 Å². The van der Waals surface area contributed by atoms with E-state index in [1.807, 2.05) is 0 Å². The van der Waals surface area contributed by atoms with Gasteiger partial charge in [0.15, 0.2) is 0 Å². The van der Waals surface area contributed by atoms with Crippen LogP contribution in [0.2, 0.25) is 0 Å².